The van der Waals surface area contributed by atoms with E-state index in [-0.39, 0.29) is 11.9 Å². The largest absolute Gasteiger partial charge is 0.363 e. The molecule has 0 saturated heterocycles. The highest BCUT2D eigenvalue weighted by Gasteiger charge is 2.30. The van der Waals surface area contributed by atoms with Crippen molar-refractivity contribution in [3.05, 3.63) is 35.8 Å². The van der Waals surface area contributed by atoms with Gasteiger partial charge in [0.2, 0.25) is 5.91 Å². The second-order valence-electron chi connectivity index (χ2n) is 3.76. The molecule has 0 aromatic rings. The topological polar surface area (TPSA) is 32.3 Å². The third kappa shape index (κ3) is 1.35. The molecule has 3 heteroatoms. The molecule has 0 aromatic carbocycles. The number of hydrogen-bond acceptors (Lipinski definition) is 2. The van der Waals surface area contributed by atoms with Crippen LogP contribution in [0.1, 0.15) is 20.3 Å². The number of nitrogens with one attached hydrogen (secondary N) is 1. The Morgan fingerprint density at radius 2 is 2.21 bits per heavy atom. The normalized spacial score (nSPS) is 20.2. The lowest BCUT2D eigenvalue weighted by molar-refractivity contribution is -0.128. The van der Waals surface area contributed by atoms with Crippen LogP contribution >= 0.6 is 0 Å². The maximum atomic E-state index is 11.7. The van der Waals surface area contributed by atoms with Crippen LogP contribution in [0.5, 0.6) is 0 Å². The van der Waals surface area contributed by atoms with E-state index in [4.69, 9.17) is 0 Å². The van der Waals surface area contributed by atoms with Crippen molar-refractivity contribution in [3.63, 3.8) is 0 Å². The fraction of sp³-hybridized carbons (Fsp3) is 0.364. The van der Waals surface area contributed by atoms with E-state index in [1.54, 1.807) is 0 Å². The van der Waals surface area contributed by atoms with Gasteiger partial charge in [-0.3, -0.25) is 4.79 Å². The number of rotatable bonds is 1. The zero-order valence-electron chi connectivity index (χ0n) is 8.45. The van der Waals surface area contributed by atoms with Crippen molar-refractivity contribution in [2.45, 2.75) is 26.3 Å². The van der Waals surface area contributed by atoms with Crippen molar-refractivity contribution in [1.82, 2.24) is 10.2 Å². The van der Waals surface area contributed by atoms with Crippen LogP contribution in [0.25, 0.3) is 0 Å². The van der Waals surface area contributed by atoms with Gasteiger partial charge in [-0.2, -0.15) is 0 Å². The Kier molecular flexibility index (Phi) is 2.15. The smallest absolute Gasteiger partial charge is 0.233 e. The lowest BCUT2D eigenvalue weighted by atomic mass is 10.3. The highest BCUT2D eigenvalue weighted by Crippen LogP contribution is 2.26. The molecule has 0 aromatic heterocycles. The van der Waals surface area contributed by atoms with Gasteiger partial charge in [0.15, 0.2) is 0 Å². The van der Waals surface area contributed by atoms with Crippen molar-refractivity contribution in [3.8, 4) is 0 Å². The Bertz CT molecular complexity index is 350. The summed E-state index contributed by atoms with van der Waals surface area (Å²) in [6.45, 7) is 4.06. The van der Waals surface area contributed by atoms with Crippen LogP contribution in [0, 0.1) is 0 Å². The van der Waals surface area contributed by atoms with E-state index in [2.05, 4.69) is 5.32 Å². The molecule has 3 nitrogen and oxygen atoms in total. The zero-order valence-corrected chi connectivity index (χ0v) is 8.45. The van der Waals surface area contributed by atoms with Crippen molar-refractivity contribution in [2.75, 3.05) is 0 Å². The summed E-state index contributed by atoms with van der Waals surface area (Å²) in [6, 6.07) is 0.222. The molecule has 14 heavy (non-hydrogen) atoms. The number of allylic oxidation sites excluding steroid dienone is 3. The maximum Gasteiger partial charge on any atom is 0.233 e. The monoisotopic (exact) mass is 190 g/mol. The standard InChI is InChI=1S/C11H14N2O/c1-8(2)13-10-5-3-4-6-12-9(10)7-11(13)14/h3-6,8,12H,7H2,1-2H3. The van der Waals surface area contributed by atoms with Crippen LogP contribution in [0.2, 0.25) is 0 Å². The third-order valence-electron chi connectivity index (χ3n) is 2.40. The van der Waals surface area contributed by atoms with Gasteiger partial charge in [-0.05, 0) is 26.0 Å². The molecular weight excluding hydrogens is 176 g/mol. The first-order valence-corrected chi connectivity index (χ1v) is 4.85. The molecular formula is C11H14N2O. The highest BCUT2D eigenvalue weighted by molar-refractivity contribution is 5.85. The highest BCUT2D eigenvalue weighted by atomic mass is 16.2. The zero-order chi connectivity index (χ0) is 10.1. The minimum atomic E-state index is 0.178. The molecule has 2 heterocycles. The minimum absolute atomic E-state index is 0.178. The minimum Gasteiger partial charge on any atom is -0.363 e. The van der Waals surface area contributed by atoms with Crippen LogP contribution in [-0.2, 0) is 4.79 Å². The SMILES string of the molecule is CC(C)N1C(=O)CC2=C1C=CC=CN2. The molecule has 0 fully saturated rings. The number of carbonyl (C=O) groups excluding carboxylic acids is 1. The van der Waals surface area contributed by atoms with Crippen molar-refractivity contribution < 1.29 is 4.79 Å². The van der Waals surface area contributed by atoms with Gasteiger partial charge < -0.3 is 10.2 Å². The van der Waals surface area contributed by atoms with Crippen molar-refractivity contribution >= 4 is 5.91 Å². The van der Waals surface area contributed by atoms with E-state index in [0.717, 1.165) is 11.4 Å². The van der Waals surface area contributed by atoms with Crippen LogP contribution in [-0.4, -0.2) is 16.8 Å². The molecule has 0 atom stereocenters. The molecule has 1 amide bonds. The Morgan fingerprint density at radius 3 is 2.93 bits per heavy atom. The average molecular weight is 190 g/mol. The van der Waals surface area contributed by atoms with Crippen LogP contribution < -0.4 is 5.32 Å². The van der Waals surface area contributed by atoms with E-state index in [0.29, 0.717) is 6.42 Å². The van der Waals surface area contributed by atoms with Gasteiger partial charge in [-0.1, -0.05) is 6.08 Å². The predicted molar refractivity (Wildman–Crippen MR) is 55.0 cm³/mol. The van der Waals surface area contributed by atoms with E-state index in [1.165, 1.54) is 0 Å². The summed E-state index contributed by atoms with van der Waals surface area (Å²) in [4.78, 5) is 13.5. The van der Waals surface area contributed by atoms with E-state index in [1.807, 2.05) is 43.2 Å². The van der Waals surface area contributed by atoms with E-state index in [9.17, 15) is 4.79 Å². The van der Waals surface area contributed by atoms with Crippen molar-refractivity contribution in [2.24, 2.45) is 0 Å². The summed E-state index contributed by atoms with van der Waals surface area (Å²) in [5.41, 5.74) is 2.02. The molecule has 2 aliphatic heterocycles. The molecule has 2 rings (SSSR count). The summed E-state index contributed by atoms with van der Waals surface area (Å²) < 4.78 is 0. The van der Waals surface area contributed by atoms with Gasteiger partial charge >= 0.3 is 0 Å². The third-order valence-corrected chi connectivity index (χ3v) is 2.40. The molecule has 0 saturated carbocycles. The fourth-order valence-electron chi connectivity index (χ4n) is 1.83. The summed E-state index contributed by atoms with van der Waals surface area (Å²) >= 11 is 0. The second-order valence-corrected chi connectivity index (χ2v) is 3.76. The summed E-state index contributed by atoms with van der Waals surface area (Å²) in [6.07, 6.45) is 8.21. The molecule has 1 N–H and O–H groups in total. The summed E-state index contributed by atoms with van der Waals surface area (Å²) in [5.74, 6) is 0.178. The second kappa shape index (κ2) is 3.33. The van der Waals surface area contributed by atoms with Gasteiger partial charge in [-0.15, -0.1) is 0 Å². The van der Waals surface area contributed by atoms with Gasteiger partial charge in [0.05, 0.1) is 12.1 Å². The maximum absolute atomic E-state index is 11.7. The fourth-order valence-corrected chi connectivity index (χ4v) is 1.83. The molecule has 0 bridgehead atoms. The van der Waals surface area contributed by atoms with Crippen molar-refractivity contribution in [1.29, 1.82) is 0 Å². The summed E-state index contributed by atoms with van der Waals surface area (Å²) in [5, 5.41) is 3.13. The molecule has 2 aliphatic rings. The molecule has 0 unspecified atom stereocenters. The van der Waals surface area contributed by atoms with Crippen LogP contribution in [0.3, 0.4) is 0 Å². The molecule has 0 spiro atoms. The lowest BCUT2D eigenvalue weighted by Crippen LogP contribution is -2.31. The Morgan fingerprint density at radius 1 is 1.43 bits per heavy atom. The number of hydrogen-bond donors (Lipinski definition) is 1. The van der Waals surface area contributed by atoms with Crippen LogP contribution in [0.4, 0.5) is 0 Å². The lowest BCUT2D eigenvalue weighted by Gasteiger charge is -2.22. The first-order valence-electron chi connectivity index (χ1n) is 4.85. The van der Waals surface area contributed by atoms with Gasteiger partial charge in [-0.25, -0.2) is 0 Å². The van der Waals surface area contributed by atoms with Crippen LogP contribution in [0.15, 0.2) is 35.8 Å². The number of amides is 1. The Labute approximate surface area is 83.8 Å². The molecule has 0 aliphatic carbocycles. The quantitative estimate of drug-likeness (QED) is 0.679. The van der Waals surface area contributed by atoms with E-state index >= 15 is 0 Å². The number of nitrogens with zero attached hydrogens (tertiary/aromatic N) is 1. The first-order chi connectivity index (χ1) is 6.70. The van der Waals surface area contributed by atoms with Gasteiger partial charge in [0.1, 0.15) is 0 Å². The van der Waals surface area contributed by atoms with Gasteiger partial charge in [0, 0.05) is 17.9 Å². The summed E-state index contributed by atoms with van der Waals surface area (Å²) in [7, 11) is 0. The molecule has 0 radical (unpaired) electrons. The Hall–Kier alpha value is -1.51. The molecule has 74 valence electrons. The first kappa shape index (κ1) is 9.06. The average Bonchev–Trinajstić information content (AvgIpc) is 2.31. The Balaban J connectivity index is 2.35. The number of carbonyl (C=O) groups is 1. The van der Waals surface area contributed by atoms with E-state index < -0.39 is 0 Å². The predicted octanol–water partition coefficient (Wildman–Crippen LogP) is 1.51. The van der Waals surface area contributed by atoms with Gasteiger partial charge in [0.25, 0.3) is 0 Å².